The summed E-state index contributed by atoms with van der Waals surface area (Å²) in [5, 5.41) is 12.2. The van der Waals surface area contributed by atoms with Crippen LogP contribution in [0.5, 0.6) is 0 Å². The molecule has 2 rings (SSSR count). The van der Waals surface area contributed by atoms with Crippen molar-refractivity contribution in [2.24, 2.45) is 0 Å². The molecule has 0 aromatic rings. The normalized spacial score (nSPS) is 28.2. The second-order valence-electron chi connectivity index (χ2n) is 4.14. The third-order valence-corrected chi connectivity index (χ3v) is 4.64. The van der Waals surface area contributed by atoms with Crippen LogP contribution in [0.3, 0.4) is 0 Å². The number of hydrogen-bond acceptors (Lipinski definition) is 4. The maximum atomic E-state index is 10.8. The Kier molecular flexibility index (Phi) is 6.43. The molecule has 1 unspecified atom stereocenters. The second-order valence-corrected chi connectivity index (χ2v) is 5.55. The number of nitrogens with zero attached hydrogens (tertiary/aromatic N) is 1. The largest absolute Gasteiger partial charge is 0.480 e. The molecule has 2 heterocycles. The number of carboxylic acid groups (broad SMARTS) is 1. The summed E-state index contributed by atoms with van der Waals surface area (Å²) < 4.78 is 0. The maximum absolute atomic E-state index is 10.8. The smallest absolute Gasteiger partial charge is 0.321 e. The highest BCUT2D eigenvalue weighted by molar-refractivity contribution is 8.01. The Morgan fingerprint density at radius 2 is 2.00 bits per heavy atom. The first-order valence-electron chi connectivity index (χ1n) is 4.94. The van der Waals surface area contributed by atoms with Gasteiger partial charge in [0.1, 0.15) is 6.04 Å². The Labute approximate surface area is 112 Å². The molecular weight excluding hydrogens is 271 g/mol. The van der Waals surface area contributed by atoms with Gasteiger partial charge in [0.15, 0.2) is 0 Å². The highest BCUT2D eigenvalue weighted by Gasteiger charge is 2.43. The van der Waals surface area contributed by atoms with Crippen LogP contribution in [0.2, 0.25) is 0 Å². The summed E-state index contributed by atoms with van der Waals surface area (Å²) in [6, 6.07) is -0.344. The molecular formula is C9H18Cl2N2O2S. The van der Waals surface area contributed by atoms with Gasteiger partial charge in [-0.2, -0.15) is 0 Å². The van der Waals surface area contributed by atoms with Gasteiger partial charge >= 0.3 is 5.97 Å². The Hall–Kier alpha value is 0.320. The van der Waals surface area contributed by atoms with E-state index in [4.69, 9.17) is 5.11 Å². The number of aliphatic carboxylic acids is 1. The fourth-order valence-corrected chi connectivity index (χ4v) is 3.45. The van der Waals surface area contributed by atoms with Crippen LogP contribution >= 0.6 is 36.6 Å². The number of hydrogen-bond donors (Lipinski definition) is 2. The molecule has 16 heavy (non-hydrogen) atoms. The number of piperidine rings is 1. The van der Waals surface area contributed by atoms with E-state index in [-0.39, 0.29) is 35.7 Å². The summed E-state index contributed by atoms with van der Waals surface area (Å²) in [5.74, 6) is -0.00715. The van der Waals surface area contributed by atoms with Gasteiger partial charge in [-0.05, 0) is 19.9 Å². The van der Waals surface area contributed by atoms with Gasteiger partial charge in [0.2, 0.25) is 0 Å². The van der Waals surface area contributed by atoms with Crippen molar-refractivity contribution in [3.05, 3.63) is 0 Å². The zero-order valence-electron chi connectivity index (χ0n) is 9.14. The average Bonchev–Trinajstić information content (AvgIpc) is 2.56. The Morgan fingerprint density at radius 1 is 1.44 bits per heavy atom. The van der Waals surface area contributed by atoms with Crippen LogP contribution in [0, 0.1) is 0 Å². The summed E-state index contributed by atoms with van der Waals surface area (Å²) in [5.41, 5.74) is 0. The van der Waals surface area contributed by atoms with Gasteiger partial charge in [-0.3, -0.25) is 10.1 Å². The lowest BCUT2D eigenvalue weighted by atomic mass is 10.0. The molecule has 4 nitrogen and oxygen atoms in total. The lowest BCUT2D eigenvalue weighted by Crippen LogP contribution is -2.51. The van der Waals surface area contributed by atoms with Gasteiger partial charge in [0, 0.05) is 18.8 Å². The van der Waals surface area contributed by atoms with E-state index >= 15 is 0 Å². The van der Waals surface area contributed by atoms with Crippen LogP contribution in [0.1, 0.15) is 12.8 Å². The van der Waals surface area contributed by atoms with Crippen molar-refractivity contribution in [3.8, 4) is 0 Å². The summed E-state index contributed by atoms with van der Waals surface area (Å²) in [6.45, 7) is 2.12. The topological polar surface area (TPSA) is 52.6 Å². The first-order chi connectivity index (χ1) is 6.61. The standard InChI is InChI=1S/C9H16N2O2S.2ClH/c1-11-4-2-9(3-5-11)10-7(6-14-9)8(12)13;;/h7,10H,2-6H2,1H3,(H,12,13);2*1H. The van der Waals surface area contributed by atoms with Crippen molar-refractivity contribution in [3.63, 3.8) is 0 Å². The first kappa shape index (κ1) is 16.3. The monoisotopic (exact) mass is 288 g/mol. The van der Waals surface area contributed by atoms with E-state index in [2.05, 4.69) is 17.3 Å². The van der Waals surface area contributed by atoms with Crippen LogP contribution in [0.25, 0.3) is 0 Å². The predicted octanol–water partition coefficient (Wildman–Crippen LogP) is 1.04. The highest BCUT2D eigenvalue weighted by atomic mass is 35.5. The third-order valence-electron chi connectivity index (χ3n) is 3.06. The van der Waals surface area contributed by atoms with E-state index in [0.717, 1.165) is 25.9 Å². The number of nitrogens with one attached hydrogen (secondary N) is 1. The number of thioether (sulfide) groups is 1. The van der Waals surface area contributed by atoms with Gasteiger partial charge in [0.25, 0.3) is 0 Å². The van der Waals surface area contributed by atoms with E-state index in [9.17, 15) is 4.79 Å². The third kappa shape index (κ3) is 3.40. The first-order valence-corrected chi connectivity index (χ1v) is 5.93. The van der Waals surface area contributed by atoms with Crippen LogP contribution in [-0.2, 0) is 4.79 Å². The second kappa shape index (κ2) is 6.31. The minimum atomic E-state index is -0.715. The number of carboxylic acids is 1. The molecule has 2 saturated heterocycles. The summed E-state index contributed by atoms with van der Waals surface area (Å²) in [6.07, 6.45) is 2.11. The van der Waals surface area contributed by atoms with Gasteiger partial charge in [-0.15, -0.1) is 36.6 Å². The van der Waals surface area contributed by atoms with E-state index < -0.39 is 5.97 Å². The van der Waals surface area contributed by atoms with Crippen molar-refractivity contribution < 1.29 is 9.90 Å². The molecule has 2 aliphatic heterocycles. The van der Waals surface area contributed by atoms with Crippen LogP contribution in [-0.4, -0.2) is 52.8 Å². The number of halogens is 2. The van der Waals surface area contributed by atoms with Crippen LogP contribution in [0.4, 0.5) is 0 Å². The molecule has 7 heteroatoms. The van der Waals surface area contributed by atoms with Crippen molar-refractivity contribution in [2.75, 3.05) is 25.9 Å². The van der Waals surface area contributed by atoms with Gasteiger partial charge in [0.05, 0.1) is 4.87 Å². The minimum Gasteiger partial charge on any atom is -0.480 e. The molecule has 2 N–H and O–H groups in total. The van der Waals surface area contributed by atoms with Crippen LogP contribution in [0.15, 0.2) is 0 Å². The van der Waals surface area contributed by atoms with Gasteiger partial charge < -0.3 is 10.0 Å². The Balaban J connectivity index is 0.00000112. The molecule has 1 atom stereocenters. The van der Waals surface area contributed by atoms with Crippen molar-refractivity contribution in [1.29, 1.82) is 0 Å². The maximum Gasteiger partial charge on any atom is 0.321 e. The highest BCUT2D eigenvalue weighted by Crippen LogP contribution is 2.38. The number of rotatable bonds is 1. The Bertz CT molecular complexity index is 248. The van der Waals surface area contributed by atoms with E-state index in [1.54, 1.807) is 11.8 Å². The van der Waals surface area contributed by atoms with E-state index in [1.807, 2.05) is 0 Å². The SMILES string of the molecule is CN1CCC2(CC1)NC(C(=O)O)CS2.Cl.Cl. The molecule has 2 fully saturated rings. The lowest BCUT2D eigenvalue weighted by molar-refractivity contribution is -0.139. The molecule has 0 aromatic heterocycles. The minimum absolute atomic E-state index is 0. The van der Waals surface area contributed by atoms with Gasteiger partial charge in [-0.25, -0.2) is 0 Å². The average molecular weight is 289 g/mol. The van der Waals surface area contributed by atoms with Crippen molar-refractivity contribution in [1.82, 2.24) is 10.2 Å². The Morgan fingerprint density at radius 3 is 2.44 bits per heavy atom. The van der Waals surface area contributed by atoms with Crippen LogP contribution < -0.4 is 5.32 Å². The predicted molar refractivity (Wildman–Crippen MR) is 71.0 cm³/mol. The van der Waals surface area contributed by atoms with Crippen molar-refractivity contribution >= 4 is 42.5 Å². The molecule has 96 valence electrons. The van der Waals surface area contributed by atoms with Gasteiger partial charge in [-0.1, -0.05) is 0 Å². The van der Waals surface area contributed by atoms with Crippen molar-refractivity contribution in [2.45, 2.75) is 23.8 Å². The zero-order valence-corrected chi connectivity index (χ0v) is 11.6. The fourth-order valence-electron chi connectivity index (χ4n) is 2.05. The molecule has 0 bridgehead atoms. The summed E-state index contributed by atoms with van der Waals surface area (Å²) >= 11 is 1.79. The molecule has 0 saturated carbocycles. The lowest BCUT2D eigenvalue weighted by Gasteiger charge is -2.37. The van der Waals surface area contributed by atoms with E-state index in [0.29, 0.717) is 5.75 Å². The molecule has 2 aliphatic rings. The summed E-state index contributed by atoms with van der Waals surface area (Å²) in [4.78, 5) is 13.2. The zero-order chi connectivity index (χ0) is 10.2. The fraction of sp³-hybridized carbons (Fsp3) is 0.889. The van der Waals surface area contributed by atoms with E-state index in [1.165, 1.54) is 0 Å². The number of carbonyl (C=O) groups is 1. The quantitative estimate of drug-likeness (QED) is 0.755. The molecule has 1 spiro atoms. The molecule has 0 radical (unpaired) electrons. The summed E-state index contributed by atoms with van der Waals surface area (Å²) in [7, 11) is 2.11. The molecule has 0 amide bonds. The number of likely N-dealkylation sites (tertiary alicyclic amines) is 1. The molecule has 0 aliphatic carbocycles. The molecule has 0 aromatic carbocycles.